The van der Waals surface area contributed by atoms with Crippen molar-refractivity contribution in [1.29, 1.82) is 0 Å². The predicted molar refractivity (Wildman–Crippen MR) is 72.7 cm³/mol. The van der Waals surface area contributed by atoms with Gasteiger partial charge in [0.25, 0.3) is 0 Å². The summed E-state index contributed by atoms with van der Waals surface area (Å²) >= 11 is 0. The van der Waals surface area contributed by atoms with Crippen LogP contribution in [0.3, 0.4) is 0 Å². The first-order valence-electron chi connectivity index (χ1n) is 5.19. The Morgan fingerprint density at radius 1 is 1.19 bits per heavy atom. The lowest BCUT2D eigenvalue weighted by molar-refractivity contribution is 1.25. The normalized spacial score (nSPS) is 11.6. The summed E-state index contributed by atoms with van der Waals surface area (Å²) in [6, 6.07) is 3.74. The van der Waals surface area contributed by atoms with Crippen molar-refractivity contribution in [3.63, 3.8) is 0 Å². The molecule has 1 rings (SSSR count). The highest BCUT2D eigenvalue weighted by Gasteiger charge is 2.08. The number of hydrogen-bond donors (Lipinski definition) is 3. The van der Waals surface area contributed by atoms with Crippen LogP contribution in [0.2, 0.25) is 0 Å². The number of allylic oxidation sites excluding steroid dienone is 2. The third kappa shape index (κ3) is 2.44. The van der Waals surface area contributed by atoms with Crippen LogP contribution in [-0.4, -0.2) is 6.54 Å². The maximum Gasteiger partial charge on any atom is 0.0554 e. The first-order valence-corrected chi connectivity index (χ1v) is 5.19. The summed E-state index contributed by atoms with van der Waals surface area (Å²) in [5.74, 6) is 0. The smallest absolute Gasteiger partial charge is 0.0554 e. The van der Waals surface area contributed by atoms with E-state index in [1.165, 1.54) is 0 Å². The molecule has 0 aliphatic rings. The van der Waals surface area contributed by atoms with Gasteiger partial charge >= 0.3 is 0 Å². The van der Waals surface area contributed by atoms with Gasteiger partial charge in [-0.05, 0) is 42.7 Å². The summed E-state index contributed by atoms with van der Waals surface area (Å²) in [5, 5.41) is 0. The van der Waals surface area contributed by atoms with Crippen molar-refractivity contribution in [2.75, 3.05) is 18.0 Å². The lowest BCUT2D eigenvalue weighted by atomic mass is 9.95. The van der Waals surface area contributed by atoms with Gasteiger partial charge in [0.1, 0.15) is 0 Å². The van der Waals surface area contributed by atoms with Gasteiger partial charge in [0, 0.05) is 6.54 Å². The molecule has 3 nitrogen and oxygen atoms in total. The fraction of sp³-hybridized carbons (Fsp3) is 0.231. The molecular weight excluding hydrogens is 198 g/mol. The fourth-order valence-corrected chi connectivity index (χ4v) is 1.60. The zero-order valence-corrected chi connectivity index (χ0v) is 9.88. The lowest BCUT2D eigenvalue weighted by Crippen LogP contribution is -2.00. The Morgan fingerprint density at radius 3 is 2.12 bits per heavy atom. The van der Waals surface area contributed by atoms with E-state index in [1.807, 2.05) is 32.1 Å². The molecule has 86 valence electrons. The van der Waals surface area contributed by atoms with Gasteiger partial charge in [-0.15, -0.1) is 0 Å². The fourth-order valence-electron chi connectivity index (χ4n) is 1.60. The third-order valence-corrected chi connectivity index (χ3v) is 2.53. The highest BCUT2D eigenvalue weighted by Crippen LogP contribution is 2.30. The van der Waals surface area contributed by atoms with Crippen LogP contribution in [0.25, 0.3) is 11.1 Å². The van der Waals surface area contributed by atoms with Gasteiger partial charge in [0.15, 0.2) is 0 Å². The van der Waals surface area contributed by atoms with Crippen molar-refractivity contribution in [3.8, 4) is 0 Å². The second-order valence-corrected chi connectivity index (χ2v) is 3.93. The average molecular weight is 217 g/mol. The van der Waals surface area contributed by atoms with Crippen molar-refractivity contribution in [2.24, 2.45) is 5.73 Å². The Balaban J connectivity index is 3.42. The van der Waals surface area contributed by atoms with Gasteiger partial charge in [0.2, 0.25) is 0 Å². The molecule has 0 bridgehead atoms. The van der Waals surface area contributed by atoms with Crippen LogP contribution in [-0.2, 0) is 0 Å². The van der Waals surface area contributed by atoms with E-state index in [-0.39, 0.29) is 0 Å². The number of hydrogen-bond acceptors (Lipinski definition) is 3. The third-order valence-electron chi connectivity index (χ3n) is 2.53. The topological polar surface area (TPSA) is 78.1 Å². The molecule has 0 saturated carbocycles. The molecule has 0 aromatic heterocycles. The molecule has 0 amide bonds. The van der Waals surface area contributed by atoms with Crippen LogP contribution in [0.1, 0.15) is 25.0 Å². The van der Waals surface area contributed by atoms with Crippen LogP contribution in [0.15, 0.2) is 24.8 Å². The minimum atomic E-state index is 0.506. The molecule has 1 aromatic carbocycles. The average Bonchev–Trinajstić information content (AvgIpc) is 2.21. The molecule has 3 heteroatoms. The van der Waals surface area contributed by atoms with Gasteiger partial charge in [0.05, 0.1) is 11.4 Å². The van der Waals surface area contributed by atoms with Crippen LogP contribution in [0.4, 0.5) is 11.4 Å². The number of benzene rings is 1. The van der Waals surface area contributed by atoms with Crippen LogP contribution < -0.4 is 17.2 Å². The van der Waals surface area contributed by atoms with E-state index >= 15 is 0 Å². The summed E-state index contributed by atoms with van der Waals surface area (Å²) in [6.07, 6.45) is 1.96. The second-order valence-electron chi connectivity index (χ2n) is 3.93. The molecule has 0 fully saturated rings. The summed E-state index contributed by atoms with van der Waals surface area (Å²) < 4.78 is 0. The van der Waals surface area contributed by atoms with E-state index in [9.17, 15) is 0 Å². The molecule has 0 aliphatic carbocycles. The van der Waals surface area contributed by atoms with Gasteiger partial charge in [-0.3, -0.25) is 0 Å². The SMILES string of the molecule is C=C(C)c1cc(N)c(N)cc1/C(C)=C/CN. The first-order chi connectivity index (χ1) is 7.47. The minimum absolute atomic E-state index is 0.506. The Labute approximate surface area is 96.6 Å². The Hall–Kier alpha value is -1.74. The van der Waals surface area contributed by atoms with Crippen LogP contribution in [0.5, 0.6) is 0 Å². The highest BCUT2D eigenvalue weighted by atomic mass is 14.7. The van der Waals surface area contributed by atoms with Crippen molar-refractivity contribution in [2.45, 2.75) is 13.8 Å². The summed E-state index contributed by atoms with van der Waals surface area (Å²) in [6.45, 7) is 8.40. The molecule has 0 spiro atoms. The summed E-state index contributed by atoms with van der Waals surface area (Å²) in [4.78, 5) is 0. The molecule has 1 aromatic rings. The van der Waals surface area contributed by atoms with E-state index in [4.69, 9.17) is 17.2 Å². The molecule has 0 radical (unpaired) electrons. The Morgan fingerprint density at radius 2 is 1.69 bits per heavy atom. The van der Waals surface area contributed by atoms with Crippen molar-refractivity contribution < 1.29 is 0 Å². The van der Waals surface area contributed by atoms with Crippen molar-refractivity contribution in [3.05, 3.63) is 35.9 Å². The van der Waals surface area contributed by atoms with Gasteiger partial charge < -0.3 is 17.2 Å². The van der Waals surface area contributed by atoms with Gasteiger partial charge in [-0.25, -0.2) is 0 Å². The quantitative estimate of drug-likeness (QED) is 0.679. The molecule has 16 heavy (non-hydrogen) atoms. The Bertz CT molecular complexity index is 445. The number of rotatable bonds is 3. The molecule has 0 aliphatic heterocycles. The van der Waals surface area contributed by atoms with Crippen molar-refractivity contribution in [1.82, 2.24) is 0 Å². The zero-order valence-electron chi connectivity index (χ0n) is 9.88. The summed E-state index contributed by atoms with van der Waals surface area (Å²) in [7, 11) is 0. The zero-order chi connectivity index (χ0) is 12.3. The van der Waals surface area contributed by atoms with E-state index in [1.54, 1.807) is 0 Å². The molecular formula is C13H19N3. The second kappa shape index (κ2) is 4.86. The van der Waals surface area contributed by atoms with E-state index in [2.05, 4.69) is 6.58 Å². The monoisotopic (exact) mass is 217 g/mol. The van der Waals surface area contributed by atoms with Crippen molar-refractivity contribution >= 4 is 22.5 Å². The largest absolute Gasteiger partial charge is 0.397 e. The molecule has 0 saturated heterocycles. The van der Waals surface area contributed by atoms with E-state index in [0.717, 1.165) is 22.3 Å². The highest BCUT2D eigenvalue weighted by molar-refractivity contribution is 5.83. The standard InChI is InChI=1S/C13H19N3/c1-8(2)10-6-12(15)13(16)7-11(10)9(3)4-5-14/h4,6-7H,1,5,14-16H2,2-3H3/b9-4+. The molecule has 0 unspecified atom stereocenters. The first kappa shape index (κ1) is 12.3. The number of anilines is 2. The summed E-state index contributed by atoms with van der Waals surface area (Å²) in [5.41, 5.74) is 22.4. The van der Waals surface area contributed by atoms with Crippen LogP contribution >= 0.6 is 0 Å². The molecule has 6 N–H and O–H groups in total. The predicted octanol–water partition coefficient (Wildman–Crippen LogP) is 2.25. The maximum atomic E-state index is 5.81. The minimum Gasteiger partial charge on any atom is -0.397 e. The van der Waals surface area contributed by atoms with Crippen LogP contribution in [0, 0.1) is 0 Å². The molecule has 0 heterocycles. The van der Waals surface area contributed by atoms with E-state index in [0.29, 0.717) is 17.9 Å². The Kier molecular flexibility index (Phi) is 3.74. The number of nitrogens with two attached hydrogens (primary N) is 3. The lowest BCUT2D eigenvalue weighted by Gasteiger charge is -2.13. The van der Waals surface area contributed by atoms with Gasteiger partial charge in [-0.2, -0.15) is 0 Å². The molecule has 0 atom stereocenters. The number of nitrogen functional groups attached to an aromatic ring is 2. The van der Waals surface area contributed by atoms with Gasteiger partial charge in [-0.1, -0.05) is 18.2 Å². The van der Waals surface area contributed by atoms with E-state index < -0.39 is 0 Å². The maximum absolute atomic E-state index is 5.81.